The molecule has 13 rings (SSSR count). The Morgan fingerprint density at radius 1 is 0.217 bits per heavy atom. The molecule has 0 N–H and O–H groups in total. The molecular weight excluding hydrogens is 839 g/mol. The van der Waals surface area contributed by atoms with Gasteiger partial charge in [0.05, 0.1) is 0 Å². The first-order valence-electron chi connectivity index (χ1n) is 23.5. The first-order chi connectivity index (χ1) is 34.2. The molecule has 0 radical (unpaired) electrons. The maximum Gasteiger partial charge on any atom is 0.136 e. The van der Waals surface area contributed by atoms with Crippen LogP contribution >= 0.6 is 0 Å². The normalized spacial score (nSPS) is 11.5. The maximum absolute atomic E-state index is 6.21. The second-order valence-corrected chi connectivity index (χ2v) is 17.6. The van der Waals surface area contributed by atoms with Crippen LogP contribution in [0.3, 0.4) is 0 Å². The molecule has 3 nitrogen and oxygen atoms in total. The molecule has 0 amide bonds. The molecule has 2 heterocycles. The van der Waals surface area contributed by atoms with E-state index >= 15 is 0 Å². The summed E-state index contributed by atoms with van der Waals surface area (Å²) in [4.78, 5) is 2.36. The lowest BCUT2D eigenvalue weighted by Crippen LogP contribution is -2.10. The van der Waals surface area contributed by atoms with Crippen molar-refractivity contribution in [3.05, 3.63) is 261 Å². The van der Waals surface area contributed by atoms with Crippen molar-refractivity contribution in [3.8, 4) is 66.8 Å². The molecule has 0 unspecified atom stereocenters. The molecule has 69 heavy (non-hydrogen) atoms. The lowest BCUT2D eigenvalue weighted by atomic mass is 9.94. The third kappa shape index (κ3) is 7.25. The fourth-order valence-electron chi connectivity index (χ4n) is 10.2. The van der Waals surface area contributed by atoms with Crippen molar-refractivity contribution in [2.75, 3.05) is 4.90 Å². The van der Waals surface area contributed by atoms with E-state index in [9.17, 15) is 0 Å². The van der Waals surface area contributed by atoms with Crippen molar-refractivity contribution in [2.45, 2.75) is 0 Å². The Morgan fingerprint density at radius 2 is 0.565 bits per heavy atom. The van der Waals surface area contributed by atoms with Gasteiger partial charge in [-0.15, -0.1) is 0 Å². The monoisotopic (exact) mass is 881 g/mol. The third-order valence-corrected chi connectivity index (χ3v) is 13.5. The van der Waals surface area contributed by atoms with Crippen molar-refractivity contribution in [3.63, 3.8) is 0 Å². The van der Waals surface area contributed by atoms with Gasteiger partial charge in [0.1, 0.15) is 22.3 Å². The van der Waals surface area contributed by atoms with E-state index in [1.807, 2.05) is 24.3 Å². The standard InChI is InChI=1S/C66H43NO2/c1-2-13-48(14-3-1)55-17-4-5-18-56(55)51-15-10-16-54(43-51)67(52-39-35-46(36-40-52)44-27-31-49(32-28-44)57-21-11-25-63-65(57)59-19-6-8-23-61(59)68-63)53-41-37-47(38-42-53)45-29-33-50(34-30-45)58-22-12-26-64-66(58)60-20-7-9-24-62(60)69-64/h1-43H. The highest BCUT2D eigenvalue weighted by Crippen LogP contribution is 2.42. The van der Waals surface area contributed by atoms with Gasteiger partial charge < -0.3 is 13.7 Å². The van der Waals surface area contributed by atoms with E-state index in [-0.39, 0.29) is 0 Å². The van der Waals surface area contributed by atoms with Crippen LogP contribution in [0.4, 0.5) is 17.1 Å². The zero-order valence-electron chi connectivity index (χ0n) is 37.6. The highest BCUT2D eigenvalue weighted by Gasteiger charge is 2.18. The van der Waals surface area contributed by atoms with Gasteiger partial charge in [0.25, 0.3) is 0 Å². The Balaban J connectivity index is 0.846. The molecule has 2 aromatic heterocycles. The van der Waals surface area contributed by atoms with Gasteiger partial charge >= 0.3 is 0 Å². The van der Waals surface area contributed by atoms with Crippen LogP contribution in [-0.2, 0) is 0 Å². The molecule has 3 heteroatoms. The van der Waals surface area contributed by atoms with Crippen LogP contribution in [0.5, 0.6) is 0 Å². The predicted octanol–water partition coefficient (Wildman–Crippen LogP) is 19.0. The predicted molar refractivity (Wildman–Crippen MR) is 288 cm³/mol. The highest BCUT2D eigenvalue weighted by molar-refractivity contribution is 6.13. The second kappa shape index (κ2) is 16.9. The zero-order valence-corrected chi connectivity index (χ0v) is 37.6. The van der Waals surface area contributed by atoms with Crippen LogP contribution in [0.1, 0.15) is 0 Å². The first kappa shape index (κ1) is 40.1. The van der Waals surface area contributed by atoms with Gasteiger partial charge in [-0.2, -0.15) is 0 Å². The van der Waals surface area contributed by atoms with Gasteiger partial charge in [0, 0.05) is 38.6 Å². The van der Waals surface area contributed by atoms with Crippen LogP contribution in [0.25, 0.3) is 111 Å². The van der Waals surface area contributed by atoms with E-state index in [0.717, 1.165) is 99.9 Å². The topological polar surface area (TPSA) is 29.5 Å². The lowest BCUT2D eigenvalue weighted by molar-refractivity contribution is 0.668. The van der Waals surface area contributed by atoms with Crippen molar-refractivity contribution < 1.29 is 8.83 Å². The Bertz CT molecular complexity index is 3770. The largest absolute Gasteiger partial charge is 0.456 e. The van der Waals surface area contributed by atoms with Gasteiger partial charge in [-0.05, 0) is 127 Å². The number of hydrogen-bond donors (Lipinski definition) is 0. The number of furan rings is 2. The van der Waals surface area contributed by atoms with E-state index in [2.05, 4.69) is 241 Å². The number of anilines is 3. The molecule has 0 bridgehead atoms. The number of hydrogen-bond acceptors (Lipinski definition) is 3. The molecule has 0 spiro atoms. The number of para-hydroxylation sites is 2. The number of nitrogens with zero attached hydrogens (tertiary/aromatic N) is 1. The maximum atomic E-state index is 6.21. The Labute approximate surface area is 400 Å². The summed E-state index contributed by atoms with van der Waals surface area (Å²) in [7, 11) is 0. The Morgan fingerprint density at radius 3 is 1.07 bits per heavy atom. The lowest BCUT2D eigenvalue weighted by Gasteiger charge is -2.26. The summed E-state index contributed by atoms with van der Waals surface area (Å²) in [6, 6.07) is 93.1. The molecule has 0 saturated heterocycles. The Hall–Kier alpha value is -9.18. The molecule has 0 aliphatic rings. The smallest absolute Gasteiger partial charge is 0.136 e. The Kier molecular flexibility index (Phi) is 9.84. The molecule has 11 aromatic carbocycles. The summed E-state index contributed by atoms with van der Waals surface area (Å²) in [5, 5.41) is 4.57. The molecule has 0 fully saturated rings. The summed E-state index contributed by atoms with van der Waals surface area (Å²) < 4.78 is 12.4. The fraction of sp³-hybridized carbons (Fsp3) is 0. The first-order valence-corrected chi connectivity index (χ1v) is 23.5. The van der Waals surface area contributed by atoms with Crippen LogP contribution in [0.2, 0.25) is 0 Å². The number of fused-ring (bicyclic) bond motifs is 6. The van der Waals surface area contributed by atoms with Crippen molar-refractivity contribution >= 4 is 60.9 Å². The summed E-state index contributed by atoms with van der Waals surface area (Å²) in [6.07, 6.45) is 0. The van der Waals surface area contributed by atoms with Crippen molar-refractivity contribution in [1.29, 1.82) is 0 Å². The van der Waals surface area contributed by atoms with Crippen molar-refractivity contribution in [2.24, 2.45) is 0 Å². The fourth-order valence-corrected chi connectivity index (χ4v) is 10.2. The summed E-state index contributed by atoms with van der Waals surface area (Å²) in [6.45, 7) is 0. The second-order valence-electron chi connectivity index (χ2n) is 17.6. The van der Waals surface area contributed by atoms with Gasteiger partial charge in [-0.3, -0.25) is 0 Å². The van der Waals surface area contributed by atoms with Crippen LogP contribution in [0, 0.1) is 0 Å². The van der Waals surface area contributed by atoms with Crippen molar-refractivity contribution in [1.82, 2.24) is 0 Å². The van der Waals surface area contributed by atoms with E-state index < -0.39 is 0 Å². The van der Waals surface area contributed by atoms with Crippen LogP contribution < -0.4 is 4.90 Å². The summed E-state index contributed by atoms with van der Waals surface area (Å²) in [5.74, 6) is 0. The third-order valence-electron chi connectivity index (χ3n) is 13.5. The quantitative estimate of drug-likeness (QED) is 0.145. The molecule has 13 aromatic rings. The minimum absolute atomic E-state index is 0.904. The minimum atomic E-state index is 0.904. The molecule has 324 valence electrons. The van der Waals surface area contributed by atoms with E-state index in [4.69, 9.17) is 8.83 Å². The molecule has 0 saturated carbocycles. The van der Waals surface area contributed by atoms with E-state index in [1.54, 1.807) is 0 Å². The zero-order chi connectivity index (χ0) is 45.7. The van der Waals surface area contributed by atoms with E-state index in [0.29, 0.717) is 0 Å². The molecule has 0 atom stereocenters. The molecular formula is C66H43NO2. The van der Waals surface area contributed by atoms with Crippen LogP contribution in [-0.4, -0.2) is 0 Å². The van der Waals surface area contributed by atoms with Gasteiger partial charge in [0.2, 0.25) is 0 Å². The van der Waals surface area contributed by atoms with Gasteiger partial charge in [-0.25, -0.2) is 0 Å². The number of rotatable bonds is 9. The highest BCUT2D eigenvalue weighted by atomic mass is 16.3. The van der Waals surface area contributed by atoms with E-state index in [1.165, 1.54) is 27.8 Å². The van der Waals surface area contributed by atoms with Crippen LogP contribution in [0.15, 0.2) is 270 Å². The SMILES string of the molecule is c1ccc(-c2ccccc2-c2cccc(N(c3ccc(-c4ccc(-c5cccc6oc7ccccc7c56)cc4)cc3)c3ccc(-c4ccc(-c5cccc6oc7ccccc7c56)cc4)cc3)c2)cc1. The molecule has 0 aliphatic heterocycles. The average molecular weight is 882 g/mol. The van der Waals surface area contributed by atoms with Gasteiger partial charge in [0.15, 0.2) is 0 Å². The summed E-state index contributed by atoms with van der Waals surface area (Å²) >= 11 is 0. The summed E-state index contributed by atoms with van der Waals surface area (Å²) in [5.41, 5.74) is 20.9. The average Bonchev–Trinajstić information content (AvgIpc) is 4.01. The van der Waals surface area contributed by atoms with Gasteiger partial charge in [-0.1, -0.05) is 200 Å². The minimum Gasteiger partial charge on any atom is -0.456 e. The number of benzene rings is 11. The molecule has 0 aliphatic carbocycles.